The first-order chi connectivity index (χ1) is 7.61. The predicted molar refractivity (Wildman–Crippen MR) is 57.5 cm³/mol. The number of pyridine rings is 1. The molecular formula is C11H9NO4. The largest absolute Gasteiger partial charge is 0.477 e. The Balaban J connectivity index is 2.78. The third-order valence-electron chi connectivity index (χ3n) is 2.31. The number of nitrogens with one attached hydrogen (secondary N) is 1. The van der Waals surface area contributed by atoms with Gasteiger partial charge in [-0.25, -0.2) is 4.79 Å². The molecule has 16 heavy (non-hydrogen) atoms. The van der Waals surface area contributed by atoms with Crippen LogP contribution < -0.4 is 5.43 Å². The second-order valence-corrected chi connectivity index (χ2v) is 3.39. The number of carbonyl (C=O) groups is 1. The minimum atomic E-state index is -1.19. The summed E-state index contributed by atoms with van der Waals surface area (Å²) in [5.41, 5.74) is 0.519. The number of aromatic amines is 1. The van der Waals surface area contributed by atoms with Gasteiger partial charge in [0.1, 0.15) is 5.69 Å². The molecule has 0 radical (unpaired) electrons. The SMILES string of the molecule is O=C(O)c1cc(=O)c2ccc(CO)cc2[nH]1. The van der Waals surface area contributed by atoms with Crippen molar-refractivity contribution in [2.45, 2.75) is 6.61 Å². The Labute approximate surface area is 90.0 Å². The molecule has 2 rings (SSSR count). The average Bonchev–Trinajstić information content (AvgIpc) is 2.28. The second-order valence-electron chi connectivity index (χ2n) is 3.39. The van der Waals surface area contributed by atoms with E-state index in [0.717, 1.165) is 6.07 Å². The standard InChI is InChI=1S/C11H9NO4/c13-5-6-1-2-7-8(3-6)12-9(11(15)16)4-10(7)14/h1-4,13H,5H2,(H,12,14)(H,15,16). The van der Waals surface area contributed by atoms with Crippen LogP contribution in [0.5, 0.6) is 0 Å². The molecule has 3 N–H and O–H groups in total. The topological polar surface area (TPSA) is 90.4 Å². The Hall–Kier alpha value is -2.14. The highest BCUT2D eigenvalue weighted by Crippen LogP contribution is 2.11. The Morgan fingerprint density at radius 1 is 1.31 bits per heavy atom. The first kappa shape index (κ1) is 10.4. The lowest BCUT2D eigenvalue weighted by Crippen LogP contribution is -2.09. The molecule has 0 aliphatic heterocycles. The van der Waals surface area contributed by atoms with Gasteiger partial charge in [0.15, 0.2) is 5.43 Å². The van der Waals surface area contributed by atoms with Crippen molar-refractivity contribution >= 4 is 16.9 Å². The minimum Gasteiger partial charge on any atom is -0.477 e. The lowest BCUT2D eigenvalue weighted by Gasteiger charge is -2.02. The van der Waals surface area contributed by atoms with Crippen LogP contribution in [0.15, 0.2) is 29.1 Å². The molecule has 0 aliphatic rings. The van der Waals surface area contributed by atoms with Crippen LogP contribution in [0.2, 0.25) is 0 Å². The van der Waals surface area contributed by atoms with Gasteiger partial charge < -0.3 is 15.2 Å². The van der Waals surface area contributed by atoms with Gasteiger partial charge in [-0.15, -0.1) is 0 Å². The molecule has 1 heterocycles. The van der Waals surface area contributed by atoms with E-state index in [2.05, 4.69) is 4.98 Å². The van der Waals surface area contributed by atoms with E-state index in [-0.39, 0.29) is 17.7 Å². The van der Waals surface area contributed by atoms with Gasteiger partial charge in [0.2, 0.25) is 0 Å². The normalized spacial score (nSPS) is 10.6. The van der Waals surface area contributed by atoms with E-state index in [4.69, 9.17) is 10.2 Å². The number of H-pyrrole nitrogens is 1. The highest BCUT2D eigenvalue weighted by molar-refractivity contribution is 5.89. The first-order valence-corrected chi connectivity index (χ1v) is 4.62. The quantitative estimate of drug-likeness (QED) is 0.694. The van der Waals surface area contributed by atoms with Crippen molar-refractivity contribution in [1.29, 1.82) is 0 Å². The number of hydrogen-bond donors (Lipinski definition) is 3. The zero-order valence-corrected chi connectivity index (χ0v) is 8.23. The minimum absolute atomic E-state index is 0.157. The van der Waals surface area contributed by atoms with Crippen LogP contribution >= 0.6 is 0 Å². The van der Waals surface area contributed by atoms with E-state index in [1.54, 1.807) is 18.2 Å². The number of aromatic nitrogens is 1. The summed E-state index contributed by atoms with van der Waals surface area (Å²) in [7, 11) is 0. The van der Waals surface area contributed by atoms with Crippen molar-refractivity contribution in [3.63, 3.8) is 0 Å². The van der Waals surface area contributed by atoms with Gasteiger partial charge in [-0.1, -0.05) is 6.07 Å². The van der Waals surface area contributed by atoms with Crippen molar-refractivity contribution < 1.29 is 15.0 Å². The molecule has 0 unspecified atom stereocenters. The zero-order chi connectivity index (χ0) is 11.7. The van der Waals surface area contributed by atoms with Gasteiger partial charge in [0.25, 0.3) is 0 Å². The molecule has 1 aromatic carbocycles. The zero-order valence-electron chi connectivity index (χ0n) is 8.23. The van der Waals surface area contributed by atoms with Crippen molar-refractivity contribution in [1.82, 2.24) is 4.98 Å². The maximum Gasteiger partial charge on any atom is 0.352 e. The van der Waals surface area contributed by atoms with Gasteiger partial charge >= 0.3 is 5.97 Å². The van der Waals surface area contributed by atoms with Crippen molar-refractivity contribution in [2.75, 3.05) is 0 Å². The third kappa shape index (κ3) is 1.68. The van der Waals surface area contributed by atoms with Crippen LogP contribution in [0, 0.1) is 0 Å². The number of aliphatic hydroxyl groups excluding tert-OH is 1. The Morgan fingerprint density at radius 2 is 2.06 bits per heavy atom. The van der Waals surface area contributed by atoms with Crippen LogP contribution in [0.4, 0.5) is 0 Å². The van der Waals surface area contributed by atoms with Crippen molar-refractivity contribution in [3.8, 4) is 0 Å². The molecule has 0 amide bonds. The number of fused-ring (bicyclic) bond motifs is 1. The van der Waals surface area contributed by atoms with Gasteiger partial charge in [0, 0.05) is 11.5 Å². The first-order valence-electron chi connectivity index (χ1n) is 4.62. The van der Waals surface area contributed by atoms with Gasteiger partial charge in [0.05, 0.1) is 12.1 Å². The fourth-order valence-corrected chi connectivity index (χ4v) is 1.51. The Kier molecular flexibility index (Phi) is 2.46. The van der Waals surface area contributed by atoms with E-state index in [1.807, 2.05) is 0 Å². The highest BCUT2D eigenvalue weighted by atomic mass is 16.4. The van der Waals surface area contributed by atoms with Crippen LogP contribution in [0.1, 0.15) is 16.1 Å². The maximum atomic E-state index is 11.6. The van der Waals surface area contributed by atoms with E-state index >= 15 is 0 Å². The number of aromatic carboxylic acids is 1. The molecule has 82 valence electrons. The molecule has 2 aromatic rings. The summed E-state index contributed by atoms with van der Waals surface area (Å²) in [5.74, 6) is -1.19. The maximum absolute atomic E-state index is 11.6. The van der Waals surface area contributed by atoms with E-state index < -0.39 is 5.97 Å². The summed E-state index contributed by atoms with van der Waals surface area (Å²) in [5, 5.41) is 18.1. The van der Waals surface area contributed by atoms with Crippen LogP contribution in [-0.2, 0) is 6.61 Å². The van der Waals surface area contributed by atoms with Crippen LogP contribution in [-0.4, -0.2) is 21.2 Å². The number of rotatable bonds is 2. The molecule has 0 fully saturated rings. The fourth-order valence-electron chi connectivity index (χ4n) is 1.51. The third-order valence-corrected chi connectivity index (χ3v) is 2.31. The molecule has 5 heteroatoms. The van der Waals surface area contributed by atoms with Crippen LogP contribution in [0.25, 0.3) is 10.9 Å². The summed E-state index contributed by atoms with van der Waals surface area (Å²) in [6, 6.07) is 5.79. The number of hydrogen-bond acceptors (Lipinski definition) is 3. The lowest BCUT2D eigenvalue weighted by atomic mass is 10.1. The molecule has 0 saturated heterocycles. The number of benzene rings is 1. The molecular weight excluding hydrogens is 210 g/mol. The number of carboxylic acids is 1. The molecule has 0 atom stereocenters. The summed E-state index contributed by atoms with van der Waals surface area (Å²) >= 11 is 0. The van der Waals surface area contributed by atoms with Gasteiger partial charge in [-0.2, -0.15) is 0 Å². The fraction of sp³-hybridized carbons (Fsp3) is 0.0909. The summed E-state index contributed by atoms with van der Waals surface area (Å²) in [6.45, 7) is -0.157. The van der Waals surface area contributed by atoms with E-state index in [0.29, 0.717) is 16.5 Å². The predicted octanol–water partition coefficient (Wildman–Crippen LogP) is 0.719. The Morgan fingerprint density at radius 3 is 2.69 bits per heavy atom. The molecule has 5 nitrogen and oxygen atoms in total. The second kappa shape index (κ2) is 3.79. The van der Waals surface area contributed by atoms with Crippen LogP contribution in [0.3, 0.4) is 0 Å². The van der Waals surface area contributed by atoms with E-state index in [1.165, 1.54) is 0 Å². The Bertz CT molecular complexity index is 615. The smallest absolute Gasteiger partial charge is 0.352 e. The molecule has 0 spiro atoms. The van der Waals surface area contributed by atoms with Gasteiger partial charge in [-0.05, 0) is 17.7 Å². The lowest BCUT2D eigenvalue weighted by molar-refractivity contribution is 0.0691. The van der Waals surface area contributed by atoms with Gasteiger partial charge in [-0.3, -0.25) is 4.79 Å². The number of aliphatic hydroxyl groups is 1. The molecule has 0 bridgehead atoms. The summed E-state index contributed by atoms with van der Waals surface area (Å²) < 4.78 is 0. The monoisotopic (exact) mass is 219 g/mol. The molecule has 1 aromatic heterocycles. The van der Waals surface area contributed by atoms with Crippen molar-refractivity contribution in [3.05, 3.63) is 45.7 Å². The van der Waals surface area contributed by atoms with Crippen molar-refractivity contribution in [2.24, 2.45) is 0 Å². The summed E-state index contributed by atoms with van der Waals surface area (Å²) in [6.07, 6.45) is 0. The average molecular weight is 219 g/mol. The van der Waals surface area contributed by atoms with E-state index in [9.17, 15) is 9.59 Å². The highest BCUT2D eigenvalue weighted by Gasteiger charge is 2.07. The molecule has 0 aliphatic carbocycles. The number of carboxylic acid groups (broad SMARTS) is 1. The summed E-state index contributed by atoms with van der Waals surface area (Å²) in [4.78, 5) is 24.9. The molecule has 0 saturated carbocycles.